The van der Waals surface area contributed by atoms with Crippen LogP contribution in [0.15, 0.2) is 34.3 Å². The van der Waals surface area contributed by atoms with Crippen molar-refractivity contribution in [3.8, 4) is 11.5 Å². The Morgan fingerprint density at radius 3 is 3.19 bits per heavy atom. The van der Waals surface area contributed by atoms with Crippen LogP contribution in [0.2, 0.25) is 0 Å². The van der Waals surface area contributed by atoms with Crippen molar-refractivity contribution >= 4 is 28.7 Å². The number of aromatic amines is 1. The molecule has 0 fully saturated rings. The number of benzene rings is 1. The molecule has 4 heterocycles. The third-order valence-electron chi connectivity index (χ3n) is 4.60. The number of hydrogen-bond acceptors (Lipinski definition) is 7. The van der Waals surface area contributed by atoms with E-state index < -0.39 is 0 Å². The van der Waals surface area contributed by atoms with Gasteiger partial charge in [0.1, 0.15) is 5.39 Å². The van der Waals surface area contributed by atoms with Crippen molar-refractivity contribution in [2.75, 3.05) is 12.5 Å². The van der Waals surface area contributed by atoms with Gasteiger partial charge in [0.15, 0.2) is 22.3 Å². The van der Waals surface area contributed by atoms with Crippen LogP contribution in [0, 0.1) is 0 Å². The molecule has 9 nitrogen and oxygen atoms in total. The van der Waals surface area contributed by atoms with Gasteiger partial charge >= 0.3 is 0 Å². The molecule has 2 aliphatic rings. The summed E-state index contributed by atoms with van der Waals surface area (Å²) in [5, 5.41) is 10.5. The van der Waals surface area contributed by atoms with Gasteiger partial charge in [0.2, 0.25) is 12.7 Å². The number of carbonyl (C=O) groups is 1. The van der Waals surface area contributed by atoms with Crippen LogP contribution in [0.25, 0.3) is 11.0 Å². The molecule has 5 rings (SSSR count). The Labute approximate surface area is 157 Å². The number of aromatic nitrogens is 4. The second-order valence-electron chi connectivity index (χ2n) is 6.34. The second-order valence-corrected chi connectivity index (χ2v) is 7.32. The molecule has 3 aromatic rings. The fraction of sp³-hybridized carbons (Fsp3) is 0.294. The lowest BCUT2D eigenvalue weighted by Crippen LogP contribution is -2.30. The number of ether oxygens (including phenoxy) is 2. The van der Waals surface area contributed by atoms with Gasteiger partial charge in [-0.2, -0.15) is 5.10 Å². The maximum absolute atomic E-state index is 12.7. The van der Waals surface area contributed by atoms with Crippen molar-refractivity contribution < 1.29 is 14.3 Å². The molecule has 138 valence electrons. The number of H-pyrrole nitrogens is 1. The van der Waals surface area contributed by atoms with E-state index in [1.165, 1.54) is 18.0 Å². The molecule has 1 aromatic carbocycles. The van der Waals surface area contributed by atoms with Crippen LogP contribution in [0.3, 0.4) is 0 Å². The Bertz CT molecular complexity index is 1110. The Hall–Kier alpha value is -3.01. The molecular formula is C17H15N5O4S. The molecule has 0 saturated carbocycles. The molecule has 2 N–H and O–H groups in total. The van der Waals surface area contributed by atoms with Gasteiger partial charge in [-0.25, -0.2) is 4.98 Å². The van der Waals surface area contributed by atoms with Crippen molar-refractivity contribution in [1.29, 1.82) is 0 Å². The summed E-state index contributed by atoms with van der Waals surface area (Å²) >= 11 is 1.47. The van der Waals surface area contributed by atoms with Crippen LogP contribution in [0.1, 0.15) is 18.0 Å². The van der Waals surface area contributed by atoms with Crippen molar-refractivity contribution in [3.05, 3.63) is 40.3 Å². The number of hydrogen-bond donors (Lipinski definition) is 2. The van der Waals surface area contributed by atoms with E-state index in [1.54, 1.807) is 4.57 Å². The molecule has 0 spiro atoms. The highest BCUT2D eigenvalue weighted by atomic mass is 32.2. The van der Waals surface area contributed by atoms with Gasteiger partial charge in [-0.05, 0) is 17.7 Å². The van der Waals surface area contributed by atoms with E-state index in [-0.39, 0.29) is 30.7 Å². The van der Waals surface area contributed by atoms with E-state index in [0.29, 0.717) is 40.0 Å². The minimum Gasteiger partial charge on any atom is -0.454 e. The number of nitrogens with one attached hydrogen (secondary N) is 2. The van der Waals surface area contributed by atoms with E-state index in [4.69, 9.17) is 9.47 Å². The third kappa shape index (κ3) is 2.81. The number of thioether (sulfide) groups is 1. The summed E-state index contributed by atoms with van der Waals surface area (Å²) in [5.41, 5.74) is 1.24. The molecule has 2 aromatic heterocycles. The summed E-state index contributed by atoms with van der Waals surface area (Å²) in [7, 11) is 0. The lowest BCUT2D eigenvalue weighted by molar-refractivity contribution is -0.121. The first-order valence-electron chi connectivity index (χ1n) is 8.42. The summed E-state index contributed by atoms with van der Waals surface area (Å²) in [6, 6.07) is 5.35. The Morgan fingerprint density at radius 2 is 2.26 bits per heavy atom. The smallest absolute Gasteiger partial charge is 0.265 e. The minimum absolute atomic E-state index is 0.120. The standard InChI is InChI=1S/C17H15N5O4S/c23-14(18-5-9-1-2-12-13(3-9)26-8-25-12)4-10-7-27-17-20-15-11(6-19-21-15)16(24)22(10)17/h1-3,6,10H,4-5,7-8H2,(H,18,23)(H,19,21). The molecule has 0 aliphatic carbocycles. The largest absolute Gasteiger partial charge is 0.454 e. The summed E-state index contributed by atoms with van der Waals surface area (Å²) in [6.45, 7) is 0.604. The second kappa shape index (κ2) is 6.31. The topological polar surface area (TPSA) is 111 Å². The first-order chi connectivity index (χ1) is 13.2. The molecule has 1 amide bonds. The number of carbonyl (C=O) groups excluding carboxylic acids is 1. The molecule has 2 aliphatic heterocycles. The monoisotopic (exact) mass is 385 g/mol. The quantitative estimate of drug-likeness (QED) is 0.649. The zero-order chi connectivity index (χ0) is 18.4. The van der Waals surface area contributed by atoms with E-state index in [0.717, 1.165) is 5.56 Å². The molecule has 0 saturated heterocycles. The van der Waals surface area contributed by atoms with Gasteiger partial charge in [-0.1, -0.05) is 17.8 Å². The first-order valence-corrected chi connectivity index (χ1v) is 9.41. The summed E-state index contributed by atoms with van der Waals surface area (Å²) in [6.07, 6.45) is 1.69. The lowest BCUT2D eigenvalue weighted by Gasteiger charge is -2.13. The van der Waals surface area contributed by atoms with Crippen LogP contribution in [-0.4, -0.2) is 38.2 Å². The molecule has 10 heteroatoms. The molecular weight excluding hydrogens is 370 g/mol. The van der Waals surface area contributed by atoms with Gasteiger partial charge < -0.3 is 14.8 Å². The maximum Gasteiger partial charge on any atom is 0.265 e. The SMILES string of the molecule is O=C(CC1CSc2nc3[nH]ncc3c(=O)n21)NCc1ccc2c(c1)OCO2. The average molecular weight is 385 g/mol. The molecule has 1 unspecified atom stereocenters. The van der Waals surface area contributed by atoms with E-state index in [2.05, 4.69) is 20.5 Å². The molecule has 0 bridgehead atoms. The maximum atomic E-state index is 12.7. The summed E-state index contributed by atoms with van der Waals surface area (Å²) in [4.78, 5) is 29.5. The van der Waals surface area contributed by atoms with E-state index >= 15 is 0 Å². The summed E-state index contributed by atoms with van der Waals surface area (Å²) in [5.74, 6) is 1.91. The predicted molar refractivity (Wildman–Crippen MR) is 96.9 cm³/mol. The van der Waals surface area contributed by atoms with Crippen molar-refractivity contribution in [2.24, 2.45) is 0 Å². The number of fused-ring (bicyclic) bond motifs is 3. The number of nitrogens with zero attached hydrogens (tertiary/aromatic N) is 3. The normalized spacial score (nSPS) is 17.3. The van der Waals surface area contributed by atoms with Gasteiger partial charge in [0.25, 0.3) is 5.56 Å². The number of rotatable bonds is 4. The third-order valence-corrected chi connectivity index (χ3v) is 5.70. The van der Waals surface area contributed by atoms with E-state index in [9.17, 15) is 9.59 Å². The zero-order valence-corrected chi connectivity index (χ0v) is 14.9. The van der Waals surface area contributed by atoms with Gasteiger partial charge in [0, 0.05) is 18.7 Å². The summed E-state index contributed by atoms with van der Waals surface area (Å²) < 4.78 is 12.2. The van der Waals surface area contributed by atoms with Crippen molar-refractivity contribution in [3.63, 3.8) is 0 Å². The van der Waals surface area contributed by atoms with Gasteiger partial charge in [-0.15, -0.1) is 0 Å². The van der Waals surface area contributed by atoms with Crippen LogP contribution in [0.5, 0.6) is 11.5 Å². The number of amides is 1. The van der Waals surface area contributed by atoms with Crippen LogP contribution in [-0.2, 0) is 11.3 Å². The average Bonchev–Trinajstić information content (AvgIpc) is 3.39. The van der Waals surface area contributed by atoms with Crippen LogP contribution < -0.4 is 20.3 Å². The molecule has 27 heavy (non-hydrogen) atoms. The van der Waals surface area contributed by atoms with Crippen LogP contribution >= 0.6 is 11.8 Å². The fourth-order valence-electron chi connectivity index (χ4n) is 3.24. The lowest BCUT2D eigenvalue weighted by atomic mass is 10.2. The van der Waals surface area contributed by atoms with Gasteiger partial charge in [0.05, 0.1) is 12.2 Å². The van der Waals surface area contributed by atoms with Gasteiger partial charge in [-0.3, -0.25) is 19.3 Å². The highest BCUT2D eigenvalue weighted by Gasteiger charge is 2.28. The predicted octanol–water partition coefficient (Wildman–Crippen LogP) is 1.20. The highest BCUT2D eigenvalue weighted by Crippen LogP contribution is 2.33. The first kappa shape index (κ1) is 16.2. The minimum atomic E-state index is -0.221. The Balaban J connectivity index is 1.28. The Kier molecular flexibility index (Phi) is 3.78. The van der Waals surface area contributed by atoms with E-state index in [1.807, 2.05) is 18.2 Å². The molecule has 0 radical (unpaired) electrons. The van der Waals surface area contributed by atoms with Crippen molar-refractivity contribution in [2.45, 2.75) is 24.2 Å². The Morgan fingerprint density at radius 1 is 1.37 bits per heavy atom. The van der Waals surface area contributed by atoms with Crippen LogP contribution in [0.4, 0.5) is 0 Å². The zero-order valence-electron chi connectivity index (χ0n) is 14.1. The van der Waals surface area contributed by atoms with Crippen molar-refractivity contribution in [1.82, 2.24) is 25.1 Å². The molecule has 1 atom stereocenters. The fourth-order valence-corrected chi connectivity index (χ4v) is 4.38. The highest BCUT2D eigenvalue weighted by molar-refractivity contribution is 7.99.